The normalized spacial score (nSPS) is 10.5. The molecule has 2 N–H and O–H groups in total. The van der Waals surface area contributed by atoms with Crippen LogP contribution in [0.5, 0.6) is 0 Å². The van der Waals surface area contributed by atoms with Crippen LogP contribution < -0.4 is 5.32 Å². The number of unbranched alkanes of at least 4 members (excludes halogenated alkanes) is 1. The molecule has 1 aromatic heterocycles. The summed E-state index contributed by atoms with van der Waals surface area (Å²) in [5, 5.41) is 9.63. The summed E-state index contributed by atoms with van der Waals surface area (Å²) in [6.07, 6.45) is 6.01. The number of carbonyl (C=O) groups is 1. The summed E-state index contributed by atoms with van der Waals surface area (Å²) < 4.78 is 0. The monoisotopic (exact) mass is 271 g/mol. The summed E-state index contributed by atoms with van der Waals surface area (Å²) in [5.74, 6) is 0.582. The van der Waals surface area contributed by atoms with Gasteiger partial charge in [0, 0.05) is 11.1 Å². The summed E-state index contributed by atoms with van der Waals surface area (Å²) in [4.78, 5) is 12.1. The van der Waals surface area contributed by atoms with Crippen molar-refractivity contribution in [1.29, 1.82) is 0 Å². The van der Waals surface area contributed by atoms with Gasteiger partial charge in [-0.15, -0.1) is 0 Å². The number of hydrogen-bond donors (Lipinski definition) is 2. The topological polar surface area (TPSA) is 57.8 Å². The van der Waals surface area contributed by atoms with E-state index >= 15 is 0 Å². The molecule has 106 valence electrons. The predicted molar refractivity (Wildman–Crippen MR) is 81.0 cm³/mol. The van der Waals surface area contributed by atoms with E-state index in [9.17, 15) is 4.79 Å². The van der Waals surface area contributed by atoms with Gasteiger partial charge in [-0.2, -0.15) is 5.10 Å². The van der Waals surface area contributed by atoms with Crippen LogP contribution in [-0.4, -0.2) is 16.1 Å². The van der Waals surface area contributed by atoms with Crippen molar-refractivity contribution in [3.63, 3.8) is 0 Å². The van der Waals surface area contributed by atoms with Gasteiger partial charge in [-0.25, -0.2) is 0 Å². The van der Waals surface area contributed by atoms with Crippen molar-refractivity contribution < 1.29 is 4.79 Å². The molecule has 0 bridgehead atoms. The average molecular weight is 271 g/mol. The van der Waals surface area contributed by atoms with Crippen LogP contribution in [0.4, 0.5) is 5.82 Å². The summed E-state index contributed by atoms with van der Waals surface area (Å²) in [5.41, 5.74) is 2.96. The molecule has 0 aliphatic rings. The van der Waals surface area contributed by atoms with Crippen LogP contribution >= 0.6 is 0 Å². The number of aromatic nitrogens is 2. The van der Waals surface area contributed by atoms with E-state index < -0.39 is 0 Å². The Morgan fingerprint density at radius 2 is 2.00 bits per heavy atom. The first-order chi connectivity index (χ1) is 9.74. The van der Waals surface area contributed by atoms with Gasteiger partial charge >= 0.3 is 0 Å². The Morgan fingerprint density at radius 3 is 2.65 bits per heavy atom. The Bertz CT molecular complexity index is 557. The molecule has 0 saturated carbocycles. The van der Waals surface area contributed by atoms with E-state index in [0.29, 0.717) is 11.4 Å². The second-order valence-electron chi connectivity index (χ2n) is 4.88. The van der Waals surface area contributed by atoms with E-state index in [1.54, 1.807) is 6.20 Å². The van der Waals surface area contributed by atoms with E-state index in [1.807, 2.05) is 31.2 Å². The van der Waals surface area contributed by atoms with Crippen LogP contribution in [0.3, 0.4) is 0 Å². The molecule has 0 atom stereocenters. The fourth-order valence-corrected chi connectivity index (χ4v) is 2.08. The second-order valence-corrected chi connectivity index (χ2v) is 4.88. The first-order valence-electron chi connectivity index (χ1n) is 7.17. The molecule has 4 heteroatoms. The number of aryl methyl sites for hydroxylation is 2. The molecule has 0 radical (unpaired) electrons. The minimum Gasteiger partial charge on any atom is -0.307 e. The van der Waals surface area contributed by atoms with Gasteiger partial charge in [-0.1, -0.05) is 32.4 Å². The third kappa shape index (κ3) is 3.47. The largest absolute Gasteiger partial charge is 0.307 e. The lowest BCUT2D eigenvalue weighted by Gasteiger charge is -2.06. The Kier molecular flexibility index (Phi) is 4.93. The van der Waals surface area contributed by atoms with Crippen LogP contribution in [0.1, 0.15) is 48.2 Å². The smallest absolute Gasteiger partial charge is 0.256 e. The minimum atomic E-state index is -0.106. The summed E-state index contributed by atoms with van der Waals surface area (Å²) in [7, 11) is 0. The summed E-state index contributed by atoms with van der Waals surface area (Å²) in [6.45, 7) is 4.21. The second kappa shape index (κ2) is 6.89. The maximum absolute atomic E-state index is 12.1. The van der Waals surface area contributed by atoms with Crippen LogP contribution in [0.2, 0.25) is 0 Å². The van der Waals surface area contributed by atoms with E-state index in [0.717, 1.165) is 18.4 Å². The van der Waals surface area contributed by atoms with E-state index in [4.69, 9.17) is 0 Å². The zero-order valence-electron chi connectivity index (χ0n) is 12.1. The highest BCUT2D eigenvalue weighted by molar-refractivity contribution is 6.04. The van der Waals surface area contributed by atoms with Crippen LogP contribution in [0.25, 0.3) is 0 Å². The Labute approximate surface area is 119 Å². The number of benzene rings is 1. The fourth-order valence-electron chi connectivity index (χ4n) is 2.08. The maximum atomic E-state index is 12.1. The number of anilines is 1. The van der Waals surface area contributed by atoms with Crippen molar-refractivity contribution in [3.8, 4) is 0 Å². The van der Waals surface area contributed by atoms with Gasteiger partial charge in [0.05, 0.1) is 6.20 Å². The van der Waals surface area contributed by atoms with Gasteiger partial charge in [0.15, 0.2) is 0 Å². The number of nitrogens with zero attached hydrogens (tertiary/aromatic N) is 1. The van der Waals surface area contributed by atoms with Crippen molar-refractivity contribution in [2.75, 3.05) is 5.32 Å². The molecule has 1 heterocycles. The fraction of sp³-hybridized carbons (Fsp3) is 0.375. The quantitative estimate of drug-likeness (QED) is 0.844. The zero-order chi connectivity index (χ0) is 14.4. The molecule has 0 saturated heterocycles. The van der Waals surface area contributed by atoms with Gasteiger partial charge in [0.25, 0.3) is 5.91 Å². The van der Waals surface area contributed by atoms with Gasteiger partial charge in [-0.3, -0.25) is 9.89 Å². The summed E-state index contributed by atoms with van der Waals surface area (Å²) >= 11 is 0. The lowest BCUT2D eigenvalue weighted by atomic mass is 10.1. The molecule has 0 aliphatic heterocycles. The number of H-pyrrole nitrogens is 1. The van der Waals surface area contributed by atoms with Crippen LogP contribution in [-0.2, 0) is 12.8 Å². The third-order valence-electron chi connectivity index (χ3n) is 3.37. The highest BCUT2D eigenvalue weighted by Crippen LogP contribution is 2.14. The molecule has 20 heavy (non-hydrogen) atoms. The minimum absolute atomic E-state index is 0.106. The number of nitrogens with one attached hydrogen (secondary N) is 2. The van der Waals surface area contributed by atoms with Crippen molar-refractivity contribution in [3.05, 3.63) is 47.2 Å². The van der Waals surface area contributed by atoms with E-state index in [1.165, 1.54) is 18.4 Å². The van der Waals surface area contributed by atoms with Crippen molar-refractivity contribution in [2.24, 2.45) is 0 Å². The maximum Gasteiger partial charge on any atom is 0.256 e. The van der Waals surface area contributed by atoms with Gasteiger partial charge in [-0.05, 0) is 37.0 Å². The number of carbonyl (C=O) groups excluding carboxylic acids is 1. The number of aromatic amines is 1. The van der Waals surface area contributed by atoms with Gasteiger partial charge < -0.3 is 5.32 Å². The molecule has 1 aromatic carbocycles. The Balaban J connectivity index is 2.02. The number of hydrogen-bond acceptors (Lipinski definition) is 2. The SMILES string of the molecule is CCCCc1ccc(C(=O)Nc2[nH]ncc2CC)cc1. The predicted octanol–water partition coefficient (Wildman–Crippen LogP) is 3.57. The van der Waals surface area contributed by atoms with Crippen molar-refractivity contribution >= 4 is 11.7 Å². The average Bonchev–Trinajstić information content (AvgIpc) is 2.92. The molecule has 0 aliphatic carbocycles. The molecule has 0 unspecified atom stereocenters. The molecule has 2 aromatic rings. The summed E-state index contributed by atoms with van der Waals surface area (Å²) in [6, 6.07) is 7.81. The van der Waals surface area contributed by atoms with E-state index in [-0.39, 0.29) is 5.91 Å². The highest BCUT2D eigenvalue weighted by atomic mass is 16.1. The lowest BCUT2D eigenvalue weighted by Crippen LogP contribution is -2.13. The Hall–Kier alpha value is -2.10. The first kappa shape index (κ1) is 14.3. The number of amides is 1. The third-order valence-corrected chi connectivity index (χ3v) is 3.37. The van der Waals surface area contributed by atoms with Crippen LogP contribution in [0, 0.1) is 0 Å². The lowest BCUT2D eigenvalue weighted by molar-refractivity contribution is 0.102. The molecule has 0 spiro atoms. The van der Waals surface area contributed by atoms with Gasteiger partial charge in [0.1, 0.15) is 5.82 Å². The highest BCUT2D eigenvalue weighted by Gasteiger charge is 2.09. The molecule has 1 amide bonds. The standard InChI is InChI=1S/C16H21N3O/c1-3-5-6-12-7-9-14(10-8-12)16(20)18-15-13(4-2)11-17-19-15/h7-11H,3-6H2,1-2H3,(H2,17,18,19,20). The van der Waals surface area contributed by atoms with E-state index in [2.05, 4.69) is 22.4 Å². The van der Waals surface area contributed by atoms with Crippen molar-refractivity contribution in [1.82, 2.24) is 10.2 Å². The zero-order valence-corrected chi connectivity index (χ0v) is 12.1. The molecule has 0 fully saturated rings. The van der Waals surface area contributed by atoms with Crippen molar-refractivity contribution in [2.45, 2.75) is 39.5 Å². The molecule has 4 nitrogen and oxygen atoms in total. The number of rotatable bonds is 6. The van der Waals surface area contributed by atoms with Crippen LogP contribution in [0.15, 0.2) is 30.5 Å². The molecular weight excluding hydrogens is 250 g/mol. The first-order valence-corrected chi connectivity index (χ1v) is 7.17. The molecular formula is C16H21N3O. The van der Waals surface area contributed by atoms with Gasteiger partial charge in [0.2, 0.25) is 0 Å². The molecule has 2 rings (SSSR count). The Morgan fingerprint density at radius 1 is 1.25 bits per heavy atom.